The quantitative estimate of drug-likeness (QED) is 0.826. The Morgan fingerprint density at radius 1 is 1.42 bits per heavy atom. The lowest BCUT2D eigenvalue weighted by atomic mass is 10.2. The summed E-state index contributed by atoms with van der Waals surface area (Å²) in [5.41, 5.74) is -0.995. The maximum atomic E-state index is 12.6. The lowest BCUT2D eigenvalue weighted by Gasteiger charge is -2.10. The molecule has 2 heterocycles. The third-order valence-corrected chi connectivity index (χ3v) is 2.94. The van der Waals surface area contributed by atoms with Gasteiger partial charge in [-0.25, -0.2) is 14.5 Å². The number of carbonyl (C=O) groups is 1. The molecule has 0 fully saturated rings. The number of nitrogens with zero attached hydrogens (tertiary/aromatic N) is 4. The van der Waals surface area contributed by atoms with Crippen molar-refractivity contribution in [2.45, 2.75) is 6.18 Å². The maximum absolute atomic E-state index is 12.6. The number of nitriles is 1. The largest absolute Gasteiger partial charge is 0.478 e. The van der Waals surface area contributed by atoms with E-state index in [4.69, 9.17) is 22.0 Å². The van der Waals surface area contributed by atoms with Gasteiger partial charge in [0.2, 0.25) is 0 Å². The van der Waals surface area contributed by atoms with Gasteiger partial charge in [-0.15, -0.1) is 12.4 Å². The smallest absolute Gasteiger partial charge is 0.417 e. The van der Waals surface area contributed by atoms with E-state index in [1.165, 1.54) is 0 Å². The van der Waals surface area contributed by atoms with E-state index < -0.39 is 17.7 Å². The van der Waals surface area contributed by atoms with Crippen LogP contribution in [0.1, 0.15) is 16.8 Å². The van der Waals surface area contributed by atoms with Crippen LogP contribution in [0.3, 0.4) is 0 Å². The molecule has 0 aliphatic heterocycles. The summed E-state index contributed by atoms with van der Waals surface area (Å²) in [7, 11) is 0. The number of hydrogen-bond donors (Lipinski definition) is 1. The van der Waals surface area contributed by atoms with Gasteiger partial charge in [-0.1, -0.05) is 11.6 Å². The summed E-state index contributed by atoms with van der Waals surface area (Å²) >= 11 is 5.81. The number of alkyl halides is 3. The molecule has 0 saturated carbocycles. The van der Waals surface area contributed by atoms with Crippen molar-refractivity contribution in [3.05, 3.63) is 46.4 Å². The minimum absolute atomic E-state index is 0. The van der Waals surface area contributed by atoms with Crippen molar-refractivity contribution in [2.24, 2.45) is 0 Å². The number of aliphatic carboxylic acids is 1. The van der Waals surface area contributed by atoms with E-state index >= 15 is 0 Å². The molecule has 0 radical (unpaired) electrons. The predicted molar refractivity (Wildman–Crippen MR) is 80.0 cm³/mol. The van der Waals surface area contributed by atoms with E-state index in [-0.39, 0.29) is 34.5 Å². The monoisotopic (exact) mass is 378 g/mol. The average Bonchev–Trinajstić information content (AvgIpc) is 2.86. The molecule has 0 saturated heterocycles. The molecule has 2 aromatic rings. The van der Waals surface area contributed by atoms with Crippen molar-refractivity contribution >= 4 is 36.1 Å². The van der Waals surface area contributed by atoms with Crippen molar-refractivity contribution in [1.82, 2.24) is 14.8 Å². The maximum Gasteiger partial charge on any atom is 0.417 e. The number of hydrogen-bond acceptors (Lipinski definition) is 4. The Labute approximate surface area is 144 Å². The van der Waals surface area contributed by atoms with Crippen LogP contribution in [0.25, 0.3) is 11.9 Å². The first-order valence-corrected chi connectivity index (χ1v) is 6.24. The second-order valence-corrected chi connectivity index (χ2v) is 4.57. The van der Waals surface area contributed by atoms with Crippen LogP contribution >= 0.6 is 24.0 Å². The van der Waals surface area contributed by atoms with Gasteiger partial charge in [-0.2, -0.15) is 23.5 Å². The molecule has 126 valence electrons. The Hall–Kier alpha value is -2.57. The molecule has 0 unspecified atom stereocenters. The lowest BCUT2D eigenvalue weighted by molar-refractivity contribution is -0.137. The highest BCUT2D eigenvalue weighted by Gasteiger charge is 2.32. The Kier molecular flexibility index (Phi) is 5.95. The minimum Gasteiger partial charge on any atom is -0.478 e. The Bertz CT molecular complexity index is 841. The zero-order valence-electron chi connectivity index (χ0n) is 11.5. The van der Waals surface area contributed by atoms with Gasteiger partial charge in [0, 0.05) is 12.3 Å². The van der Waals surface area contributed by atoms with Gasteiger partial charge in [-0.3, -0.25) is 0 Å². The summed E-state index contributed by atoms with van der Waals surface area (Å²) in [5.74, 6) is -1.43. The fourth-order valence-corrected chi connectivity index (χ4v) is 1.91. The molecular formula is C13H7Cl2F3N4O2. The van der Waals surface area contributed by atoms with Crippen LogP contribution < -0.4 is 0 Å². The molecule has 11 heteroatoms. The molecule has 0 aliphatic carbocycles. The standard InChI is InChI=1S/C13H6ClF3N4O2.ClH/c14-9-3-8(13(15,16)17)6-19-12(9)21-10(1-2-11(22)23)7(4-18)5-20-21;/h1-3,5-6H,(H,22,23);1H. The molecule has 0 spiro atoms. The van der Waals surface area contributed by atoms with E-state index in [9.17, 15) is 18.0 Å². The van der Waals surface area contributed by atoms with E-state index in [0.717, 1.165) is 23.0 Å². The van der Waals surface area contributed by atoms with Gasteiger partial charge >= 0.3 is 12.1 Å². The summed E-state index contributed by atoms with van der Waals surface area (Å²) in [5, 5.41) is 21.1. The highest BCUT2D eigenvalue weighted by atomic mass is 35.5. The first-order chi connectivity index (χ1) is 10.7. The number of rotatable bonds is 3. The minimum atomic E-state index is -4.61. The predicted octanol–water partition coefficient (Wildman–Crippen LogP) is 3.33. The number of carboxylic acid groups (broad SMARTS) is 1. The van der Waals surface area contributed by atoms with Crippen LogP contribution in [-0.2, 0) is 11.0 Å². The van der Waals surface area contributed by atoms with Crippen LogP contribution in [0.4, 0.5) is 13.2 Å². The second-order valence-electron chi connectivity index (χ2n) is 4.17. The van der Waals surface area contributed by atoms with Gasteiger partial charge in [0.1, 0.15) is 6.07 Å². The Morgan fingerprint density at radius 3 is 2.58 bits per heavy atom. The summed E-state index contributed by atoms with van der Waals surface area (Å²) < 4.78 is 38.8. The second kappa shape index (κ2) is 7.33. The van der Waals surface area contributed by atoms with Gasteiger partial charge in [0.05, 0.1) is 28.0 Å². The highest BCUT2D eigenvalue weighted by molar-refractivity contribution is 6.32. The first kappa shape index (κ1) is 19.5. The number of carboxylic acids is 1. The molecule has 0 atom stereocenters. The zero-order chi connectivity index (χ0) is 17.2. The van der Waals surface area contributed by atoms with Crippen LogP contribution in [-0.4, -0.2) is 25.8 Å². The fraction of sp³-hybridized carbons (Fsp3) is 0.0769. The van der Waals surface area contributed by atoms with Crippen molar-refractivity contribution in [2.75, 3.05) is 0 Å². The molecule has 2 aromatic heterocycles. The van der Waals surface area contributed by atoms with Crippen molar-refractivity contribution in [1.29, 1.82) is 5.26 Å². The van der Waals surface area contributed by atoms with Crippen molar-refractivity contribution in [3.8, 4) is 11.9 Å². The summed E-state index contributed by atoms with van der Waals surface area (Å²) in [6.07, 6.45) is -1.09. The van der Waals surface area contributed by atoms with Crippen molar-refractivity contribution in [3.63, 3.8) is 0 Å². The highest BCUT2D eigenvalue weighted by Crippen LogP contribution is 2.32. The summed E-state index contributed by atoms with van der Waals surface area (Å²) in [6.45, 7) is 0. The van der Waals surface area contributed by atoms with E-state index in [0.29, 0.717) is 12.3 Å². The van der Waals surface area contributed by atoms with Crippen LogP contribution in [0.2, 0.25) is 5.02 Å². The van der Waals surface area contributed by atoms with Gasteiger partial charge < -0.3 is 5.11 Å². The van der Waals surface area contributed by atoms with Gasteiger partial charge in [0.25, 0.3) is 0 Å². The van der Waals surface area contributed by atoms with Gasteiger partial charge in [0.15, 0.2) is 5.82 Å². The summed E-state index contributed by atoms with van der Waals surface area (Å²) in [4.78, 5) is 14.2. The number of halogens is 5. The van der Waals surface area contributed by atoms with E-state index in [1.807, 2.05) is 0 Å². The van der Waals surface area contributed by atoms with Crippen LogP contribution in [0.15, 0.2) is 24.5 Å². The third-order valence-electron chi connectivity index (χ3n) is 2.66. The van der Waals surface area contributed by atoms with Crippen molar-refractivity contribution < 1.29 is 23.1 Å². The van der Waals surface area contributed by atoms with E-state index in [2.05, 4.69) is 10.1 Å². The topological polar surface area (TPSA) is 91.8 Å². The number of aromatic nitrogens is 3. The Balaban J connectivity index is 0.00000288. The number of pyridine rings is 1. The van der Waals surface area contributed by atoms with Crippen LogP contribution in [0, 0.1) is 11.3 Å². The SMILES string of the molecule is Cl.N#Cc1cnn(-c2ncc(C(F)(F)F)cc2Cl)c1C=CC(=O)O. The molecule has 0 amide bonds. The summed E-state index contributed by atoms with van der Waals surface area (Å²) in [6, 6.07) is 2.46. The van der Waals surface area contributed by atoms with Crippen LogP contribution in [0.5, 0.6) is 0 Å². The normalized spacial score (nSPS) is 11.1. The van der Waals surface area contributed by atoms with E-state index in [1.54, 1.807) is 6.07 Å². The molecule has 2 rings (SSSR count). The first-order valence-electron chi connectivity index (χ1n) is 5.86. The fourth-order valence-electron chi connectivity index (χ4n) is 1.66. The third kappa shape index (κ3) is 4.04. The zero-order valence-corrected chi connectivity index (χ0v) is 13.0. The lowest BCUT2D eigenvalue weighted by Crippen LogP contribution is -2.09. The molecule has 6 nitrogen and oxygen atoms in total. The molecule has 24 heavy (non-hydrogen) atoms. The average molecular weight is 379 g/mol. The molecular weight excluding hydrogens is 372 g/mol. The Morgan fingerprint density at radius 2 is 2.08 bits per heavy atom. The molecule has 0 aliphatic rings. The molecule has 0 aromatic carbocycles. The molecule has 0 bridgehead atoms. The van der Waals surface area contributed by atoms with Gasteiger partial charge in [-0.05, 0) is 12.1 Å². The molecule has 1 N–H and O–H groups in total.